The van der Waals surface area contributed by atoms with Crippen LogP contribution in [0.2, 0.25) is 0 Å². The molecule has 10 aromatic rings. The van der Waals surface area contributed by atoms with Gasteiger partial charge in [0, 0.05) is 49.2 Å². The van der Waals surface area contributed by atoms with E-state index in [1.807, 2.05) is 72.8 Å². The number of fused-ring (bicyclic) bond motifs is 8. The van der Waals surface area contributed by atoms with Crippen molar-refractivity contribution in [1.29, 1.82) is 0 Å². The number of hydrogen-bond acceptors (Lipinski definition) is 5. The van der Waals surface area contributed by atoms with E-state index >= 15 is 0 Å². The van der Waals surface area contributed by atoms with Crippen molar-refractivity contribution in [2.24, 2.45) is 0 Å². The van der Waals surface area contributed by atoms with Gasteiger partial charge in [0.25, 0.3) is 0 Å². The zero-order valence-electron chi connectivity index (χ0n) is 26.2. The second-order valence-electron chi connectivity index (χ2n) is 12.2. The Labute approximate surface area is 281 Å². The molecule has 0 aliphatic heterocycles. The summed E-state index contributed by atoms with van der Waals surface area (Å²) in [4.78, 5) is 20.7. The van der Waals surface area contributed by atoms with Crippen LogP contribution in [-0.4, -0.2) is 19.9 Å². The molecule has 0 saturated heterocycles. The Morgan fingerprint density at radius 3 is 1.65 bits per heavy atom. The van der Waals surface area contributed by atoms with Crippen LogP contribution in [0.3, 0.4) is 0 Å². The molecular weight excluding hydrogens is 601 g/mol. The standard InChI is InChI=1S/C44H26N4O/c1-4-10-27(11-5-1)35-22-18-29-16-17-30-19-23-36(46-42(30)41(29)45-35)32-20-24-37-34(26-32)39-33(40(47-37)28-12-6-2-7-13-28)21-25-38-43(39)48-44(49-38)31-14-8-3-9-15-31/h1-26H. The molecule has 4 aromatic heterocycles. The van der Waals surface area contributed by atoms with E-state index < -0.39 is 0 Å². The Kier molecular flexibility index (Phi) is 6.11. The summed E-state index contributed by atoms with van der Waals surface area (Å²) in [6, 6.07) is 53.8. The van der Waals surface area contributed by atoms with Crippen molar-refractivity contribution in [3.05, 3.63) is 158 Å². The lowest BCUT2D eigenvalue weighted by Gasteiger charge is -2.12. The van der Waals surface area contributed by atoms with Gasteiger partial charge in [-0.2, -0.15) is 0 Å². The molecule has 0 saturated carbocycles. The maximum atomic E-state index is 6.35. The number of benzene rings is 6. The SMILES string of the molecule is c1ccc(-c2ccc3ccc4ccc(-c5ccc6nc(-c7ccccc7)c7ccc8oc(-c9ccccc9)nc8c7c6c5)nc4c3n2)cc1. The summed E-state index contributed by atoms with van der Waals surface area (Å²) in [5.41, 5.74) is 11.0. The molecule has 5 heteroatoms. The van der Waals surface area contributed by atoms with Crippen molar-refractivity contribution in [1.82, 2.24) is 19.9 Å². The third-order valence-electron chi connectivity index (χ3n) is 9.27. The second-order valence-corrected chi connectivity index (χ2v) is 12.2. The highest BCUT2D eigenvalue weighted by Crippen LogP contribution is 2.39. The molecule has 0 radical (unpaired) electrons. The Balaban J connectivity index is 1.21. The van der Waals surface area contributed by atoms with Crippen molar-refractivity contribution in [2.75, 3.05) is 0 Å². The van der Waals surface area contributed by atoms with E-state index in [0.29, 0.717) is 5.89 Å². The van der Waals surface area contributed by atoms with Gasteiger partial charge in [-0.05, 0) is 48.5 Å². The van der Waals surface area contributed by atoms with Gasteiger partial charge in [0.15, 0.2) is 5.58 Å². The van der Waals surface area contributed by atoms with Gasteiger partial charge in [-0.15, -0.1) is 0 Å². The maximum absolute atomic E-state index is 6.35. The van der Waals surface area contributed by atoms with Gasteiger partial charge in [-0.1, -0.05) is 109 Å². The second kappa shape index (κ2) is 10.9. The van der Waals surface area contributed by atoms with Crippen molar-refractivity contribution >= 4 is 54.6 Å². The largest absolute Gasteiger partial charge is 0.436 e. The number of hydrogen-bond donors (Lipinski definition) is 0. The van der Waals surface area contributed by atoms with Crippen LogP contribution in [0, 0.1) is 0 Å². The van der Waals surface area contributed by atoms with Crippen molar-refractivity contribution in [3.8, 4) is 45.2 Å². The quantitative estimate of drug-likeness (QED) is 0.182. The lowest BCUT2D eigenvalue weighted by atomic mass is 9.97. The highest BCUT2D eigenvalue weighted by Gasteiger charge is 2.18. The molecule has 0 aliphatic rings. The molecule has 0 bridgehead atoms. The molecule has 0 N–H and O–H groups in total. The predicted molar refractivity (Wildman–Crippen MR) is 199 cm³/mol. The molecule has 0 aliphatic carbocycles. The first-order chi connectivity index (χ1) is 24.3. The van der Waals surface area contributed by atoms with E-state index in [-0.39, 0.29) is 0 Å². The zero-order valence-corrected chi connectivity index (χ0v) is 26.2. The summed E-state index contributed by atoms with van der Waals surface area (Å²) in [5.74, 6) is 0.593. The zero-order chi connectivity index (χ0) is 32.3. The third kappa shape index (κ3) is 4.55. The molecule has 0 fully saturated rings. The van der Waals surface area contributed by atoms with Crippen LogP contribution in [0.5, 0.6) is 0 Å². The molecule has 0 atom stereocenters. The minimum absolute atomic E-state index is 0.593. The monoisotopic (exact) mass is 626 g/mol. The highest BCUT2D eigenvalue weighted by molar-refractivity contribution is 6.21. The summed E-state index contributed by atoms with van der Waals surface area (Å²) in [6.07, 6.45) is 0. The van der Waals surface area contributed by atoms with Gasteiger partial charge in [-0.25, -0.2) is 19.9 Å². The Hall–Kier alpha value is -6.72. The van der Waals surface area contributed by atoms with Gasteiger partial charge in [0.1, 0.15) is 5.52 Å². The molecule has 0 amide bonds. The lowest BCUT2D eigenvalue weighted by molar-refractivity contribution is 0.620. The van der Waals surface area contributed by atoms with Gasteiger partial charge in [0.2, 0.25) is 5.89 Å². The minimum atomic E-state index is 0.593. The number of pyridine rings is 3. The van der Waals surface area contributed by atoms with E-state index in [1.54, 1.807) is 0 Å². The van der Waals surface area contributed by atoms with E-state index in [4.69, 9.17) is 24.4 Å². The molecule has 10 rings (SSSR count). The van der Waals surface area contributed by atoms with Crippen LogP contribution in [0.1, 0.15) is 0 Å². The number of rotatable bonds is 4. The average Bonchev–Trinajstić information content (AvgIpc) is 3.63. The molecule has 4 heterocycles. The predicted octanol–water partition coefficient (Wildman–Crippen LogP) is 11.3. The number of aromatic nitrogens is 4. The highest BCUT2D eigenvalue weighted by atomic mass is 16.3. The fourth-order valence-corrected chi connectivity index (χ4v) is 6.86. The van der Waals surface area contributed by atoms with Crippen LogP contribution < -0.4 is 0 Å². The van der Waals surface area contributed by atoms with E-state index in [1.165, 1.54) is 0 Å². The van der Waals surface area contributed by atoms with E-state index in [2.05, 4.69) is 84.9 Å². The molecular formula is C44H26N4O. The van der Waals surface area contributed by atoms with Gasteiger partial charge >= 0.3 is 0 Å². The topological polar surface area (TPSA) is 64.7 Å². The van der Waals surface area contributed by atoms with Crippen molar-refractivity contribution < 1.29 is 4.42 Å². The summed E-state index contributed by atoms with van der Waals surface area (Å²) in [6.45, 7) is 0. The molecule has 49 heavy (non-hydrogen) atoms. The molecule has 0 unspecified atom stereocenters. The Bertz CT molecular complexity index is 2870. The Morgan fingerprint density at radius 2 is 0.980 bits per heavy atom. The van der Waals surface area contributed by atoms with Crippen molar-refractivity contribution in [2.45, 2.75) is 0 Å². The normalized spacial score (nSPS) is 11.7. The average molecular weight is 627 g/mol. The van der Waals surface area contributed by atoms with Crippen LogP contribution in [0.25, 0.3) is 99.8 Å². The lowest BCUT2D eigenvalue weighted by Crippen LogP contribution is -1.93. The summed E-state index contributed by atoms with van der Waals surface area (Å²) < 4.78 is 6.35. The fourth-order valence-electron chi connectivity index (χ4n) is 6.86. The van der Waals surface area contributed by atoms with Gasteiger partial charge in [-0.3, -0.25) is 0 Å². The molecule has 5 nitrogen and oxygen atoms in total. The van der Waals surface area contributed by atoms with Crippen LogP contribution in [-0.2, 0) is 0 Å². The number of oxazole rings is 1. The summed E-state index contributed by atoms with van der Waals surface area (Å²) >= 11 is 0. The maximum Gasteiger partial charge on any atom is 0.227 e. The summed E-state index contributed by atoms with van der Waals surface area (Å²) in [5, 5.41) is 5.13. The van der Waals surface area contributed by atoms with E-state index in [0.717, 1.165) is 93.9 Å². The first-order valence-electron chi connectivity index (χ1n) is 16.3. The summed E-state index contributed by atoms with van der Waals surface area (Å²) in [7, 11) is 0. The molecule has 0 spiro atoms. The van der Waals surface area contributed by atoms with Crippen LogP contribution in [0.15, 0.2) is 162 Å². The first kappa shape index (κ1) is 27.4. The molecule has 228 valence electrons. The minimum Gasteiger partial charge on any atom is -0.436 e. The van der Waals surface area contributed by atoms with Crippen LogP contribution in [0.4, 0.5) is 0 Å². The first-order valence-corrected chi connectivity index (χ1v) is 16.3. The number of nitrogens with zero attached hydrogens (tertiary/aromatic N) is 4. The Morgan fingerprint density at radius 1 is 0.388 bits per heavy atom. The third-order valence-corrected chi connectivity index (χ3v) is 9.27. The van der Waals surface area contributed by atoms with Gasteiger partial charge < -0.3 is 4.42 Å². The van der Waals surface area contributed by atoms with Crippen molar-refractivity contribution in [3.63, 3.8) is 0 Å². The smallest absolute Gasteiger partial charge is 0.227 e. The van der Waals surface area contributed by atoms with E-state index in [9.17, 15) is 0 Å². The molecule has 6 aromatic carbocycles. The van der Waals surface area contributed by atoms with Crippen LogP contribution >= 0.6 is 0 Å². The van der Waals surface area contributed by atoms with Gasteiger partial charge in [0.05, 0.1) is 33.6 Å². The fraction of sp³-hybridized carbons (Fsp3) is 0.